The average Bonchev–Trinajstić information content (AvgIpc) is 3.25. The highest BCUT2D eigenvalue weighted by atomic mass is 16.5. The summed E-state index contributed by atoms with van der Waals surface area (Å²) in [6.45, 7) is 7.78. The van der Waals surface area contributed by atoms with Gasteiger partial charge in [0.15, 0.2) is 11.5 Å². The minimum absolute atomic E-state index is 0.123. The highest BCUT2D eigenvalue weighted by Crippen LogP contribution is 2.28. The van der Waals surface area contributed by atoms with Gasteiger partial charge in [0.05, 0.1) is 20.6 Å². The smallest absolute Gasteiger partial charge is 0.252 e. The summed E-state index contributed by atoms with van der Waals surface area (Å²) in [5.74, 6) is 2.15. The number of rotatable bonds is 6. The summed E-state index contributed by atoms with van der Waals surface area (Å²) in [6.07, 6.45) is 1.81. The van der Waals surface area contributed by atoms with Crippen LogP contribution in [0.25, 0.3) is 5.78 Å². The van der Waals surface area contributed by atoms with Crippen molar-refractivity contribution < 1.29 is 14.3 Å². The number of hydrogen-bond donors (Lipinski definition) is 0. The van der Waals surface area contributed by atoms with E-state index in [0.29, 0.717) is 25.3 Å². The molecule has 3 heterocycles. The molecule has 1 saturated heterocycles. The van der Waals surface area contributed by atoms with E-state index in [-0.39, 0.29) is 5.91 Å². The molecule has 31 heavy (non-hydrogen) atoms. The lowest BCUT2D eigenvalue weighted by Gasteiger charge is -2.35. The number of carbonyl (C=O) groups excluding carboxylic acids is 1. The lowest BCUT2D eigenvalue weighted by atomic mass is 10.1. The van der Waals surface area contributed by atoms with Gasteiger partial charge in [0, 0.05) is 49.7 Å². The minimum atomic E-state index is 0.123. The first-order valence-electron chi connectivity index (χ1n) is 10.4. The third-order valence-electron chi connectivity index (χ3n) is 5.90. The second kappa shape index (κ2) is 8.89. The molecule has 1 aliphatic rings. The molecule has 0 N–H and O–H groups in total. The molecule has 9 nitrogen and oxygen atoms in total. The van der Waals surface area contributed by atoms with E-state index in [9.17, 15) is 4.79 Å². The normalized spacial score (nSPS) is 14.8. The minimum Gasteiger partial charge on any atom is -0.493 e. The molecular formula is C22H28N6O3. The van der Waals surface area contributed by atoms with Gasteiger partial charge in [0.1, 0.15) is 6.33 Å². The molecule has 2 aromatic heterocycles. The van der Waals surface area contributed by atoms with Crippen LogP contribution >= 0.6 is 0 Å². The largest absolute Gasteiger partial charge is 0.493 e. The maximum atomic E-state index is 13.0. The molecule has 1 amide bonds. The van der Waals surface area contributed by atoms with Crippen LogP contribution in [-0.4, -0.2) is 75.7 Å². The number of amides is 1. The van der Waals surface area contributed by atoms with E-state index in [4.69, 9.17) is 9.47 Å². The van der Waals surface area contributed by atoms with Crippen LogP contribution in [0.1, 0.15) is 22.5 Å². The fourth-order valence-corrected chi connectivity index (χ4v) is 4.07. The fourth-order valence-electron chi connectivity index (χ4n) is 4.07. The van der Waals surface area contributed by atoms with Crippen molar-refractivity contribution in [1.29, 1.82) is 0 Å². The van der Waals surface area contributed by atoms with Crippen molar-refractivity contribution >= 4 is 11.7 Å². The van der Waals surface area contributed by atoms with Crippen molar-refractivity contribution in [1.82, 2.24) is 29.4 Å². The molecular weight excluding hydrogens is 396 g/mol. The van der Waals surface area contributed by atoms with Gasteiger partial charge in [-0.05, 0) is 31.5 Å². The van der Waals surface area contributed by atoms with Crippen LogP contribution in [0.5, 0.6) is 11.5 Å². The maximum absolute atomic E-state index is 13.0. The van der Waals surface area contributed by atoms with Crippen molar-refractivity contribution in [3.05, 3.63) is 47.0 Å². The Balaban J connectivity index is 1.36. The van der Waals surface area contributed by atoms with Gasteiger partial charge in [-0.1, -0.05) is 6.07 Å². The van der Waals surface area contributed by atoms with E-state index in [2.05, 4.69) is 26.0 Å². The summed E-state index contributed by atoms with van der Waals surface area (Å²) in [5, 5.41) is 4.21. The molecule has 0 saturated carbocycles. The third-order valence-corrected chi connectivity index (χ3v) is 5.90. The molecule has 1 aromatic carbocycles. The standard InChI is InChI=1S/C22H28N6O3/c1-15-18(16(2)28-22(25-15)23-14-24-28)12-21(29)27-9-7-26(8-10-27)13-17-5-6-19(30-3)20(11-17)31-4/h5-6,11,14H,7-10,12-13H2,1-4H3. The molecule has 0 bridgehead atoms. The summed E-state index contributed by atoms with van der Waals surface area (Å²) in [6, 6.07) is 5.99. The van der Waals surface area contributed by atoms with Crippen molar-refractivity contribution in [2.24, 2.45) is 0 Å². The molecule has 1 fully saturated rings. The van der Waals surface area contributed by atoms with Crippen molar-refractivity contribution in [2.45, 2.75) is 26.8 Å². The summed E-state index contributed by atoms with van der Waals surface area (Å²) in [7, 11) is 3.28. The van der Waals surface area contributed by atoms with E-state index in [1.807, 2.05) is 30.9 Å². The van der Waals surface area contributed by atoms with Crippen molar-refractivity contribution in [3.8, 4) is 11.5 Å². The molecule has 3 aromatic rings. The number of carbonyl (C=O) groups is 1. The number of fused-ring (bicyclic) bond motifs is 1. The first-order chi connectivity index (χ1) is 15.0. The Morgan fingerprint density at radius 1 is 1.06 bits per heavy atom. The van der Waals surface area contributed by atoms with E-state index in [0.717, 1.165) is 53.6 Å². The Morgan fingerprint density at radius 3 is 2.52 bits per heavy atom. The highest BCUT2D eigenvalue weighted by molar-refractivity contribution is 5.79. The molecule has 0 atom stereocenters. The van der Waals surface area contributed by atoms with Crippen LogP contribution in [0.15, 0.2) is 24.5 Å². The van der Waals surface area contributed by atoms with E-state index >= 15 is 0 Å². The summed E-state index contributed by atoms with van der Waals surface area (Å²) >= 11 is 0. The van der Waals surface area contributed by atoms with Crippen molar-refractivity contribution in [2.75, 3.05) is 40.4 Å². The monoisotopic (exact) mass is 424 g/mol. The Labute approximate surface area is 181 Å². The Kier molecular flexibility index (Phi) is 6.03. The molecule has 9 heteroatoms. The van der Waals surface area contributed by atoms with Crippen LogP contribution in [0.4, 0.5) is 0 Å². The van der Waals surface area contributed by atoms with Gasteiger partial charge in [0.2, 0.25) is 5.91 Å². The predicted octanol–water partition coefficient (Wildman–Crippen LogP) is 1.65. The Bertz CT molecular complexity index is 1090. The van der Waals surface area contributed by atoms with Crippen LogP contribution in [0.2, 0.25) is 0 Å². The molecule has 164 valence electrons. The molecule has 0 aliphatic carbocycles. The lowest BCUT2D eigenvalue weighted by molar-refractivity contribution is -0.132. The van der Waals surface area contributed by atoms with Crippen LogP contribution in [-0.2, 0) is 17.8 Å². The topological polar surface area (TPSA) is 85.1 Å². The number of methoxy groups -OCH3 is 2. The SMILES string of the molecule is COc1ccc(CN2CCN(C(=O)Cc3c(C)nc4ncnn4c3C)CC2)cc1OC. The van der Waals surface area contributed by atoms with Gasteiger partial charge >= 0.3 is 0 Å². The molecule has 0 unspecified atom stereocenters. The fraction of sp³-hybridized carbons (Fsp3) is 0.455. The zero-order valence-electron chi connectivity index (χ0n) is 18.5. The van der Waals surface area contributed by atoms with Gasteiger partial charge in [-0.3, -0.25) is 9.69 Å². The quantitative estimate of drug-likeness (QED) is 0.595. The molecule has 0 spiro atoms. The van der Waals surface area contributed by atoms with Gasteiger partial charge in [-0.25, -0.2) is 9.50 Å². The van der Waals surface area contributed by atoms with Gasteiger partial charge in [0.25, 0.3) is 5.78 Å². The first kappa shape index (κ1) is 21.0. The van der Waals surface area contributed by atoms with Gasteiger partial charge in [-0.2, -0.15) is 10.1 Å². The molecule has 1 aliphatic heterocycles. The average molecular weight is 425 g/mol. The number of ether oxygens (including phenoxy) is 2. The third kappa shape index (κ3) is 4.32. The molecule has 4 rings (SSSR count). The second-order valence-electron chi connectivity index (χ2n) is 7.76. The number of aromatic nitrogens is 4. The lowest BCUT2D eigenvalue weighted by Crippen LogP contribution is -2.48. The van der Waals surface area contributed by atoms with Gasteiger partial charge in [-0.15, -0.1) is 0 Å². The highest BCUT2D eigenvalue weighted by Gasteiger charge is 2.23. The van der Waals surface area contributed by atoms with E-state index < -0.39 is 0 Å². The second-order valence-corrected chi connectivity index (χ2v) is 7.76. The zero-order chi connectivity index (χ0) is 22.0. The maximum Gasteiger partial charge on any atom is 0.252 e. The predicted molar refractivity (Wildman–Crippen MR) is 115 cm³/mol. The van der Waals surface area contributed by atoms with Gasteiger partial charge < -0.3 is 14.4 Å². The summed E-state index contributed by atoms with van der Waals surface area (Å²) in [4.78, 5) is 25.9. The van der Waals surface area contributed by atoms with Crippen LogP contribution < -0.4 is 9.47 Å². The van der Waals surface area contributed by atoms with E-state index in [1.54, 1.807) is 18.7 Å². The number of piperazine rings is 1. The first-order valence-corrected chi connectivity index (χ1v) is 10.4. The number of hydrogen-bond acceptors (Lipinski definition) is 7. The summed E-state index contributed by atoms with van der Waals surface area (Å²) in [5.41, 5.74) is 3.84. The van der Waals surface area contributed by atoms with Crippen LogP contribution in [0, 0.1) is 13.8 Å². The number of aryl methyl sites for hydroxylation is 2. The number of nitrogens with zero attached hydrogens (tertiary/aromatic N) is 6. The summed E-state index contributed by atoms with van der Waals surface area (Å²) < 4.78 is 12.4. The zero-order valence-corrected chi connectivity index (χ0v) is 18.5. The van der Waals surface area contributed by atoms with Crippen molar-refractivity contribution in [3.63, 3.8) is 0 Å². The van der Waals surface area contributed by atoms with Crippen LogP contribution in [0.3, 0.4) is 0 Å². The Morgan fingerprint density at radius 2 is 1.81 bits per heavy atom. The van der Waals surface area contributed by atoms with E-state index in [1.165, 1.54) is 6.33 Å². The Hall–Kier alpha value is -3.20. The number of benzene rings is 1. The molecule has 0 radical (unpaired) electrons.